The predicted molar refractivity (Wildman–Crippen MR) is 78.4 cm³/mol. The molecule has 0 radical (unpaired) electrons. The molecular weight excluding hydrogens is 351 g/mol. The van der Waals surface area contributed by atoms with E-state index in [9.17, 15) is 8.78 Å². The van der Waals surface area contributed by atoms with Crippen LogP contribution in [-0.2, 0) is 6.42 Å². The zero-order chi connectivity index (χ0) is 12.3. The van der Waals surface area contributed by atoms with Gasteiger partial charge in [0.05, 0.1) is 6.54 Å². The van der Waals surface area contributed by atoms with Crippen LogP contribution in [0.5, 0.6) is 0 Å². The second-order valence-corrected chi connectivity index (χ2v) is 4.08. The van der Waals surface area contributed by atoms with Crippen LogP contribution in [0.1, 0.15) is 5.56 Å². The second kappa shape index (κ2) is 6.86. The fourth-order valence-electron chi connectivity index (χ4n) is 1.80. The maximum absolute atomic E-state index is 12.9. The van der Waals surface area contributed by atoms with Crippen LogP contribution < -0.4 is 5.32 Å². The Balaban J connectivity index is 0.00000162. The van der Waals surface area contributed by atoms with Crippen molar-refractivity contribution in [1.82, 2.24) is 10.2 Å². The third-order valence-electron chi connectivity index (χ3n) is 2.68. The summed E-state index contributed by atoms with van der Waals surface area (Å²) in [6.07, 6.45) is 0.571. The van der Waals surface area contributed by atoms with Gasteiger partial charge >= 0.3 is 0 Å². The first-order valence-electron chi connectivity index (χ1n) is 5.59. The highest BCUT2D eigenvalue weighted by Crippen LogP contribution is 2.08. The summed E-state index contributed by atoms with van der Waals surface area (Å²) in [4.78, 5) is 6.29. The van der Waals surface area contributed by atoms with E-state index in [0.29, 0.717) is 18.5 Å². The third kappa shape index (κ3) is 4.08. The Morgan fingerprint density at radius 2 is 1.94 bits per heavy atom. The van der Waals surface area contributed by atoms with Crippen molar-refractivity contribution in [2.45, 2.75) is 6.42 Å². The number of likely N-dealkylation sites (N-methyl/N-ethyl adjacent to an activating group) is 1. The van der Waals surface area contributed by atoms with E-state index in [-0.39, 0.29) is 24.0 Å². The summed E-state index contributed by atoms with van der Waals surface area (Å²) in [5, 5.41) is 3.15. The number of nitrogens with one attached hydrogen (secondary N) is 1. The zero-order valence-electron chi connectivity index (χ0n) is 10.1. The van der Waals surface area contributed by atoms with Crippen molar-refractivity contribution in [3.05, 3.63) is 35.4 Å². The number of aliphatic imine (C=N–C) groups is 1. The molecule has 0 unspecified atom stereocenters. The lowest BCUT2D eigenvalue weighted by Gasteiger charge is -2.15. The second-order valence-electron chi connectivity index (χ2n) is 4.08. The van der Waals surface area contributed by atoms with E-state index in [1.807, 2.05) is 11.9 Å². The van der Waals surface area contributed by atoms with Gasteiger partial charge in [0, 0.05) is 26.2 Å². The van der Waals surface area contributed by atoms with Crippen LogP contribution in [0.2, 0.25) is 0 Å². The summed E-state index contributed by atoms with van der Waals surface area (Å²) in [6, 6.07) is 3.58. The molecule has 3 nitrogen and oxygen atoms in total. The minimum Gasteiger partial charge on any atom is -0.356 e. The predicted octanol–water partition coefficient (Wildman–Crippen LogP) is 2.02. The number of guanidine groups is 1. The molecule has 0 atom stereocenters. The van der Waals surface area contributed by atoms with Crippen LogP contribution in [0.25, 0.3) is 0 Å². The van der Waals surface area contributed by atoms with Crippen LogP contribution in [0.4, 0.5) is 8.78 Å². The Labute approximate surface area is 122 Å². The van der Waals surface area contributed by atoms with Crippen LogP contribution in [-0.4, -0.2) is 37.5 Å². The average molecular weight is 367 g/mol. The van der Waals surface area contributed by atoms with Gasteiger partial charge in [0.1, 0.15) is 11.6 Å². The quantitative estimate of drug-likeness (QED) is 0.828. The molecule has 18 heavy (non-hydrogen) atoms. The Bertz CT molecular complexity index is 417. The molecule has 0 aliphatic carbocycles. The molecular formula is C12H16F2IN3. The molecule has 1 heterocycles. The smallest absolute Gasteiger partial charge is 0.193 e. The molecule has 1 aliphatic heterocycles. The average Bonchev–Trinajstić information content (AvgIpc) is 2.63. The molecule has 0 saturated carbocycles. The van der Waals surface area contributed by atoms with Gasteiger partial charge in [0.25, 0.3) is 0 Å². The normalized spacial score (nSPS) is 14.2. The van der Waals surface area contributed by atoms with Crippen LogP contribution in [0.3, 0.4) is 0 Å². The van der Waals surface area contributed by atoms with E-state index in [4.69, 9.17) is 0 Å². The maximum Gasteiger partial charge on any atom is 0.193 e. The minimum absolute atomic E-state index is 0. The molecule has 100 valence electrons. The molecule has 6 heteroatoms. The Morgan fingerprint density at radius 3 is 2.50 bits per heavy atom. The van der Waals surface area contributed by atoms with Gasteiger partial charge in [-0.1, -0.05) is 0 Å². The molecule has 0 saturated heterocycles. The van der Waals surface area contributed by atoms with E-state index < -0.39 is 11.6 Å². The SMILES string of the molecule is CN1CCN=C1NCCc1cc(F)cc(F)c1.I. The molecule has 1 aliphatic rings. The summed E-state index contributed by atoms with van der Waals surface area (Å²) in [7, 11) is 1.96. The number of nitrogens with zero attached hydrogens (tertiary/aromatic N) is 2. The molecule has 1 aromatic carbocycles. The fraction of sp³-hybridized carbons (Fsp3) is 0.417. The molecule has 0 bridgehead atoms. The summed E-state index contributed by atoms with van der Waals surface area (Å²) >= 11 is 0. The van der Waals surface area contributed by atoms with Gasteiger partial charge in [-0.15, -0.1) is 24.0 Å². The van der Waals surface area contributed by atoms with Crippen molar-refractivity contribution in [2.75, 3.05) is 26.7 Å². The van der Waals surface area contributed by atoms with Crippen molar-refractivity contribution in [3.63, 3.8) is 0 Å². The highest BCUT2D eigenvalue weighted by molar-refractivity contribution is 14.0. The number of hydrogen-bond donors (Lipinski definition) is 1. The van der Waals surface area contributed by atoms with Gasteiger partial charge in [-0.25, -0.2) is 8.78 Å². The Hall–Kier alpha value is -0.920. The zero-order valence-corrected chi connectivity index (χ0v) is 12.4. The Kier molecular flexibility index (Phi) is 5.77. The lowest BCUT2D eigenvalue weighted by Crippen LogP contribution is -2.36. The first kappa shape index (κ1) is 15.1. The summed E-state index contributed by atoms with van der Waals surface area (Å²) in [5.41, 5.74) is 0.649. The first-order chi connectivity index (χ1) is 8.15. The molecule has 0 amide bonds. The summed E-state index contributed by atoms with van der Waals surface area (Å²) in [5.74, 6) is -0.215. The van der Waals surface area contributed by atoms with Gasteiger partial charge in [0.15, 0.2) is 5.96 Å². The van der Waals surface area contributed by atoms with Crippen LogP contribution in [0.15, 0.2) is 23.2 Å². The van der Waals surface area contributed by atoms with E-state index in [1.165, 1.54) is 12.1 Å². The topological polar surface area (TPSA) is 27.6 Å². The molecule has 0 fully saturated rings. The van der Waals surface area contributed by atoms with Gasteiger partial charge < -0.3 is 10.2 Å². The van der Waals surface area contributed by atoms with Crippen molar-refractivity contribution in [1.29, 1.82) is 0 Å². The maximum atomic E-state index is 12.9. The van der Waals surface area contributed by atoms with E-state index in [1.54, 1.807) is 0 Å². The minimum atomic E-state index is -0.532. The Morgan fingerprint density at radius 1 is 1.28 bits per heavy atom. The first-order valence-corrected chi connectivity index (χ1v) is 5.59. The number of hydrogen-bond acceptors (Lipinski definition) is 3. The van der Waals surface area contributed by atoms with Crippen LogP contribution >= 0.6 is 24.0 Å². The molecule has 1 aromatic rings. The van der Waals surface area contributed by atoms with Crippen molar-refractivity contribution >= 4 is 29.9 Å². The number of benzene rings is 1. The molecule has 0 aromatic heterocycles. The van der Waals surface area contributed by atoms with E-state index in [2.05, 4.69) is 10.3 Å². The van der Waals surface area contributed by atoms with Crippen molar-refractivity contribution < 1.29 is 8.78 Å². The fourth-order valence-corrected chi connectivity index (χ4v) is 1.80. The molecule has 1 N–H and O–H groups in total. The van der Waals surface area contributed by atoms with Gasteiger partial charge in [0.2, 0.25) is 0 Å². The van der Waals surface area contributed by atoms with E-state index in [0.717, 1.165) is 25.1 Å². The lowest BCUT2D eigenvalue weighted by atomic mass is 10.1. The van der Waals surface area contributed by atoms with Gasteiger partial charge in [-0.05, 0) is 24.1 Å². The highest BCUT2D eigenvalue weighted by atomic mass is 127. The van der Waals surface area contributed by atoms with E-state index >= 15 is 0 Å². The van der Waals surface area contributed by atoms with Crippen molar-refractivity contribution in [2.24, 2.45) is 4.99 Å². The number of rotatable bonds is 3. The highest BCUT2D eigenvalue weighted by Gasteiger charge is 2.11. The van der Waals surface area contributed by atoms with Crippen molar-refractivity contribution in [3.8, 4) is 0 Å². The largest absolute Gasteiger partial charge is 0.356 e. The summed E-state index contributed by atoms with van der Waals surface area (Å²) in [6.45, 7) is 2.33. The van der Waals surface area contributed by atoms with Crippen LogP contribution in [0, 0.1) is 11.6 Å². The number of halogens is 3. The third-order valence-corrected chi connectivity index (χ3v) is 2.68. The molecule has 0 spiro atoms. The summed E-state index contributed by atoms with van der Waals surface area (Å²) < 4.78 is 25.9. The lowest BCUT2D eigenvalue weighted by molar-refractivity contribution is 0.534. The molecule has 2 rings (SSSR count). The standard InChI is InChI=1S/C12H15F2N3.HI/c1-17-5-4-16-12(17)15-3-2-9-6-10(13)8-11(14)7-9;/h6-8H,2-5H2,1H3,(H,15,16);1H. The monoisotopic (exact) mass is 367 g/mol. The van der Waals surface area contributed by atoms with Gasteiger partial charge in [-0.3, -0.25) is 4.99 Å². The van der Waals surface area contributed by atoms with Gasteiger partial charge in [-0.2, -0.15) is 0 Å².